The normalized spacial score (nSPS) is 11.0. The van der Waals surface area contributed by atoms with Crippen LogP contribution in [0.25, 0.3) is 0 Å². The number of carbonyl (C=O) groups is 1. The molecule has 0 bridgehead atoms. The molecule has 0 aliphatic heterocycles. The first-order valence-electron chi connectivity index (χ1n) is 11.7. The Balaban J connectivity index is 1.69. The van der Waals surface area contributed by atoms with Crippen LogP contribution in [0, 0.1) is 0 Å². The van der Waals surface area contributed by atoms with E-state index < -0.39 is 10.0 Å². The molecule has 3 aromatic carbocycles. The summed E-state index contributed by atoms with van der Waals surface area (Å²) in [6.45, 7) is 4.83. The van der Waals surface area contributed by atoms with Crippen LogP contribution in [-0.4, -0.2) is 40.6 Å². The minimum atomic E-state index is -3.99. The first kappa shape index (κ1) is 26.1. The van der Waals surface area contributed by atoms with Crippen molar-refractivity contribution in [2.45, 2.75) is 31.6 Å². The minimum Gasteiger partial charge on any atom is -0.494 e. The van der Waals surface area contributed by atoms with Crippen molar-refractivity contribution in [1.29, 1.82) is 0 Å². The van der Waals surface area contributed by atoms with Crippen molar-refractivity contribution < 1.29 is 22.7 Å². The van der Waals surface area contributed by atoms with Crippen molar-refractivity contribution in [1.82, 2.24) is 5.32 Å². The topological polar surface area (TPSA) is 84.9 Å². The van der Waals surface area contributed by atoms with Gasteiger partial charge in [-0.2, -0.15) is 0 Å². The summed E-state index contributed by atoms with van der Waals surface area (Å²) in [5.41, 5.74) is 1.46. The second-order valence-electron chi connectivity index (χ2n) is 7.76. The zero-order valence-electron chi connectivity index (χ0n) is 20.1. The van der Waals surface area contributed by atoms with Gasteiger partial charge in [-0.05, 0) is 68.7 Å². The van der Waals surface area contributed by atoms with Crippen LogP contribution in [0.4, 0.5) is 5.69 Å². The number of hydrogen-bond acceptors (Lipinski definition) is 5. The van der Waals surface area contributed by atoms with Crippen LogP contribution in [0.1, 0.15) is 25.8 Å². The molecule has 0 spiro atoms. The molecule has 8 heteroatoms. The largest absolute Gasteiger partial charge is 0.494 e. The number of benzene rings is 3. The molecule has 0 aromatic heterocycles. The highest BCUT2D eigenvalue weighted by Gasteiger charge is 2.29. The van der Waals surface area contributed by atoms with Crippen LogP contribution in [-0.2, 0) is 21.2 Å². The molecule has 0 unspecified atom stereocenters. The summed E-state index contributed by atoms with van der Waals surface area (Å²) in [6, 6.07) is 22.8. The molecule has 0 saturated heterocycles. The Kier molecular flexibility index (Phi) is 9.55. The van der Waals surface area contributed by atoms with Crippen molar-refractivity contribution in [3.8, 4) is 11.5 Å². The number of hydrogen-bond donors (Lipinski definition) is 1. The lowest BCUT2D eigenvalue weighted by molar-refractivity contribution is -0.119. The highest BCUT2D eigenvalue weighted by Crippen LogP contribution is 2.32. The molecule has 7 nitrogen and oxygen atoms in total. The molecule has 0 atom stereocenters. The molecule has 0 radical (unpaired) electrons. The number of anilines is 1. The number of sulfonamides is 1. The average molecular weight is 497 g/mol. The van der Waals surface area contributed by atoms with Gasteiger partial charge in [-0.15, -0.1) is 0 Å². The van der Waals surface area contributed by atoms with E-state index in [1.54, 1.807) is 42.5 Å². The maximum absolute atomic E-state index is 13.5. The Hall–Kier alpha value is -3.52. The number of aryl methyl sites for hydroxylation is 1. The van der Waals surface area contributed by atoms with Gasteiger partial charge in [0.15, 0.2) is 0 Å². The Morgan fingerprint density at radius 3 is 2.20 bits per heavy atom. The SMILES string of the molecule is CCOc1ccc(CCCNC(=O)CN(c2ccccc2OCC)S(=O)(=O)c2ccccc2)cc1. The summed E-state index contributed by atoms with van der Waals surface area (Å²) in [7, 11) is -3.99. The molecule has 1 amide bonds. The van der Waals surface area contributed by atoms with E-state index in [9.17, 15) is 13.2 Å². The van der Waals surface area contributed by atoms with Crippen LogP contribution in [0.15, 0.2) is 83.8 Å². The third kappa shape index (κ3) is 7.23. The third-order valence-electron chi connectivity index (χ3n) is 5.25. The van der Waals surface area contributed by atoms with Crippen molar-refractivity contribution >= 4 is 21.6 Å². The average Bonchev–Trinajstić information content (AvgIpc) is 2.87. The van der Waals surface area contributed by atoms with Crippen molar-refractivity contribution in [3.63, 3.8) is 0 Å². The van der Waals surface area contributed by atoms with E-state index in [4.69, 9.17) is 9.47 Å². The number of para-hydroxylation sites is 2. The van der Waals surface area contributed by atoms with E-state index >= 15 is 0 Å². The predicted molar refractivity (Wildman–Crippen MR) is 138 cm³/mol. The molecule has 3 rings (SSSR count). The maximum Gasteiger partial charge on any atom is 0.264 e. The quantitative estimate of drug-likeness (QED) is 0.354. The van der Waals surface area contributed by atoms with Gasteiger partial charge in [0.25, 0.3) is 10.0 Å². The molecule has 186 valence electrons. The van der Waals surface area contributed by atoms with Crippen molar-refractivity contribution in [3.05, 3.63) is 84.4 Å². The predicted octanol–water partition coefficient (Wildman–Crippen LogP) is 4.43. The van der Waals surface area contributed by atoms with Gasteiger partial charge in [-0.3, -0.25) is 9.10 Å². The fourth-order valence-electron chi connectivity index (χ4n) is 3.59. The molecule has 0 heterocycles. The van der Waals surface area contributed by atoms with Crippen LogP contribution >= 0.6 is 0 Å². The van der Waals surface area contributed by atoms with Crippen LogP contribution in [0.3, 0.4) is 0 Å². The van der Waals surface area contributed by atoms with E-state index in [-0.39, 0.29) is 17.3 Å². The zero-order chi connectivity index (χ0) is 25.1. The summed E-state index contributed by atoms with van der Waals surface area (Å²) < 4.78 is 39.2. The monoisotopic (exact) mass is 496 g/mol. The van der Waals surface area contributed by atoms with Gasteiger partial charge in [-0.25, -0.2) is 8.42 Å². The zero-order valence-corrected chi connectivity index (χ0v) is 21.0. The van der Waals surface area contributed by atoms with Crippen molar-refractivity contribution in [2.24, 2.45) is 0 Å². The molecule has 3 aromatic rings. The van der Waals surface area contributed by atoms with Gasteiger partial charge < -0.3 is 14.8 Å². The molecular weight excluding hydrogens is 464 g/mol. The van der Waals surface area contributed by atoms with Gasteiger partial charge in [0.05, 0.1) is 23.8 Å². The summed E-state index contributed by atoms with van der Waals surface area (Å²) in [5, 5.41) is 2.85. The van der Waals surface area contributed by atoms with Gasteiger partial charge in [-0.1, -0.05) is 42.5 Å². The van der Waals surface area contributed by atoms with E-state index in [1.807, 2.05) is 38.1 Å². The number of ether oxygens (including phenoxy) is 2. The Morgan fingerprint density at radius 1 is 0.857 bits per heavy atom. The number of rotatable bonds is 13. The van der Waals surface area contributed by atoms with Gasteiger partial charge >= 0.3 is 0 Å². The first-order valence-corrected chi connectivity index (χ1v) is 13.2. The molecule has 1 N–H and O–H groups in total. The van der Waals surface area contributed by atoms with Gasteiger partial charge in [0.2, 0.25) is 5.91 Å². The number of amides is 1. The molecule has 0 saturated carbocycles. The van der Waals surface area contributed by atoms with E-state index in [0.29, 0.717) is 31.2 Å². The highest BCUT2D eigenvalue weighted by atomic mass is 32.2. The molecule has 0 aliphatic carbocycles. The lowest BCUT2D eigenvalue weighted by atomic mass is 10.1. The van der Waals surface area contributed by atoms with E-state index in [2.05, 4.69) is 5.32 Å². The lowest BCUT2D eigenvalue weighted by Gasteiger charge is -2.26. The molecular formula is C27H32N2O5S. The first-order chi connectivity index (χ1) is 17.0. The smallest absolute Gasteiger partial charge is 0.264 e. The summed E-state index contributed by atoms with van der Waals surface area (Å²) in [4.78, 5) is 12.9. The Bertz CT molecular complexity index is 1180. The summed E-state index contributed by atoms with van der Waals surface area (Å²) in [6.07, 6.45) is 1.51. The highest BCUT2D eigenvalue weighted by molar-refractivity contribution is 7.92. The number of nitrogens with one attached hydrogen (secondary N) is 1. The summed E-state index contributed by atoms with van der Waals surface area (Å²) in [5.74, 6) is 0.844. The lowest BCUT2D eigenvalue weighted by Crippen LogP contribution is -2.41. The maximum atomic E-state index is 13.5. The number of carbonyl (C=O) groups excluding carboxylic acids is 1. The minimum absolute atomic E-state index is 0.106. The van der Waals surface area contributed by atoms with Crippen molar-refractivity contribution in [2.75, 3.05) is 30.6 Å². The standard InChI is InChI=1S/C27H32N2O5S/c1-3-33-23-18-16-22(17-19-23)11-10-20-28-27(30)21-29(25-14-8-9-15-26(25)34-4-2)35(31,32)24-12-6-5-7-13-24/h5-9,12-19H,3-4,10-11,20-21H2,1-2H3,(H,28,30). The Morgan fingerprint density at radius 2 is 1.51 bits per heavy atom. The fourth-order valence-corrected chi connectivity index (χ4v) is 5.04. The van der Waals surface area contributed by atoms with Crippen LogP contribution in [0.5, 0.6) is 11.5 Å². The van der Waals surface area contributed by atoms with Crippen LogP contribution in [0.2, 0.25) is 0 Å². The molecule has 0 aliphatic rings. The second kappa shape index (κ2) is 12.8. The second-order valence-corrected chi connectivity index (χ2v) is 9.62. The third-order valence-corrected chi connectivity index (χ3v) is 7.02. The molecule has 35 heavy (non-hydrogen) atoms. The number of nitrogens with zero attached hydrogens (tertiary/aromatic N) is 1. The molecule has 0 fully saturated rings. The van der Waals surface area contributed by atoms with E-state index in [1.165, 1.54) is 12.1 Å². The summed E-state index contributed by atoms with van der Waals surface area (Å²) >= 11 is 0. The van der Waals surface area contributed by atoms with Gasteiger partial charge in [0, 0.05) is 6.54 Å². The van der Waals surface area contributed by atoms with Gasteiger partial charge in [0.1, 0.15) is 18.0 Å². The fraction of sp³-hybridized carbons (Fsp3) is 0.296. The van der Waals surface area contributed by atoms with Crippen LogP contribution < -0.4 is 19.1 Å². The Labute approximate surface area is 207 Å². The van der Waals surface area contributed by atoms with E-state index in [0.717, 1.165) is 28.5 Å².